The molecule has 0 saturated carbocycles. The van der Waals surface area contributed by atoms with E-state index in [2.05, 4.69) is 70.5 Å². The molecule has 5 aromatic carbocycles. The Labute approximate surface area is 264 Å². The van der Waals surface area contributed by atoms with Gasteiger partial charge in [-0.15, -0.1) is 0 Å². The van der Waals surface area contributed by atoms with Crippen LogP contribution in [0.5, 0.6) is 11.5 Å². The second-order valence-electron chi connectivity index (χ2n) is 11.5. The maximum Gasteiger partial charge on any atom is 0.178 e. The monoisotopic (exact) mass is 600 g/mol. The van der Waals surface area contributed by atoms with Crippen molar-refractivity contribution in [2.24, 2.45) is 0 Å². The number of pyridine rings is 1. The number of nitrogens with zero attached hydrogens (tertiary/aromatic N) is 4. The van der Waals surface area contributed by atoms with Crippen LogP contribution in [0.1, 0.15) is 0 Å². The van der Waals surface area contributed by atoms with E-state index in [0.29, 0.717) is 17.1 Å². The number of ether oxygens (including phenoxy) is 1. The van der Waals surface area contributed by atoms with Gasteiger partial charge in [-0.3, -0.25) is 4.90 Å². The van der Waals surface area contributed by atoms with Gasteiger partial charge in [0, 0.05) is 65.7 Å². The van der Waals surface area contributed by atoms with Gasteiger partial charge in [0.05, 0.1) is 23.4 Å². The standard InChI is InChI=1S/C39H28N4O3/c1-41-19-20-42(25-41)32-23-28(24-35-38(32)30-14-6-8-16-34(30)45-35)44-36-22-27(21-31-29-13-5-7-15-33(29)46-39(31)36)43(26-11-3-2-4-12-26)37-17-9-10-18-40-37/h2-24H,25H2,1H3. The van der Waals surface area contributed by atoms with Crippen molar-refractivity contribution < 1.29 is 13.6 Å². The summed E-state index contributed by atoms with van der Waals surface area (Å²) in [7, 11) is 2.06. The first-order chi connectivity index (χ1) is 22.7. The number of hydrogen-bond acceptors (Lipinski definition) is 7. The second-order valence-corrected chi connectivity index (χ2v) is 11.5. The zero-order valence-electron chi connectivity index (χ0n) is 25.0. The Morgan fingerprint density at radius 1 is 0.674 bits per heavy atom. The smallest absolute Gasteiger partial charge is 0.178 e. The Balaban J connectivity index is 1.26. The first-order valence-electron chi connectivity index (χ1n) is 15.2. The van der Waals surface area contributed by atoms with E-state index in [4.69, 9.17) is 18.6 Å². The average Bonchev–Trinajstić information content (AvgIpc) is 3.81. The molecule has 3 aromatic heterocycles. The summed E-state index contributed by atoms with van der Waals surface area (Å²) in [5.74, 6) is 2.03. The van der Waals surface area contributed by atoms with Crippen LogP contribution >= 0.6 is 0 Å². The molecule has 0 spiro atoms. The fourth-order valence-corrected chi connectivity index (χ4v) is 6.37. The fraction of sp³-hybridized carbons (Fsp3) is 0.0513. The lowest BCUT2D eigenvalue weighted by molar-refractivity contribution is 0.475. The molecule has 0 bridgehead atoms. The van der Waals surface area contributed by atoms with Crippen molar-refractivity contribution in [1.29, 1.82) is 0 Å². The van der Waals surface area contributed by atoms with E-state index < -0.39 is 0 Å². The number of rotatable bonds is 6. The minimum atomic E-state index is 0.594. The molecule has 1 aliphatic heterocycles. The summed E-state index contributed by atoms with van der Waals surface area (Å²) < 4.78 is 19.7. The first kappa shape index (κ1) is 26.2. The molecule has 0 atom stereocenters. The summed E-state index contributed by atoms with van der Waals surface area (Å²) in [4.78, 5) is 11.2. The van der Waals surface area contributed by atoms with Crippen molar-refractivity contribution in [3.63, 3.8) is 0 Å². The molecule has 0 saturated heterocycles. The molecule has 0 amide bonds. The normalized spacial score (nSPS) is 13.1. The fourth-order valence-electron chi connectivity index (χ4n) is 6.37. The number of para-hydroxylation sites is 3. The van der Waals surface area contributed by atoms with Crippen LogP contribution in [-0.2, 0) is 0 Å². The average molecular weight is 601 g/mol. The Morgan fingerprint density at radius 3 is 2.22 bits per heavy atom. The molecular formula is C39H28N4O3. The van der Waals surface area contributed by atoms with Crippen LogP contribution in [0.25, 0.3) is 43.9 Å². The molecule has 0 N–H and O–H groups in total. The van der Waals surface area contributed by atoms with Gasteiger partial charge >= 0.3 is 0 Å². The van der Waals surface area contributed by atoms with E-state index in [1.807, 2.05) is 91.1 Å². The lowest BCUT2D eigenvalue weighted by Crippen LogP contribution is -2.21. The quantitative estimate of drug-likeness (QED) is 0.188. The number of furan rings is 2. The van der Waals surface area contributed by atoms with Gasteiger partial charge in [0.15, 0.2) is 11.3 Å². The zero-order chi connectivity index (χ0) is 30.6. The molecule has 9 rings (SSSR count). The molecule has 8 aromatic rings. The van der Waals surface area contributed by atoms with Gasteiger partial charge in [0.2, 0.25) is 0 Å². The number of aromatic nitrogens is 1. The predicted octanol–water partition coefficient (Wildman–Crippen LogP) is 10.3. The summed E-state index contributed by atoms with van der Waals surface area (Å²) in [5, 5.41) is 4.08. The highest BCUT2D eigenvalue weighted by molar-refractivity contribution is 6.13. The van der Waals surface area contributed by atoms with E-state index in [1.165, 1.54) is 0 Å². The van der Waals surface area contributed by atoms with E-state index in [0.717, 1.165) is 67.8 Å². The van der Waals surface area contributed by atoms with Gasteiger partial charge < -0.3 is 23.4 Å². The van der Waals surface area contributed by atoms with Crippen molar-refractivity contribution in [3.05, 3.63) is 140 Å². The number of benzene rings is 5. The molecule has 7 heteroatoms. The minimum absolute atomic E-state index is 0.594. The van der Waals surface area contributed by atoms with E-state index in [9.17, 15) is 0 Å². The van der Waals surface area contributed by atoms with Gasteiger partial charge in [-0.05, 0) is 42.5 Å². The van der Waals surface area contributed by atoms with Crippen molar-refractivity contribution in [3.8, 4) is 11.5 Å². The highest BCUT2D eigenvalue weighted by Crippen LogP contribution is 2.46. The number of fused-ring (bicyclic) bond motifs is 6. The highest BCUT2D eigenvalue weighted by atomic mass is 16.5. The van der Waals surface area contributed by atoms with Crippen LogP contribution in [0.2, 0.25) is 0 Å². The second kappa shape index (κ2) is 10.5. The molecule has 222 valence electrons. The molecule has 1 aliphatic rings. The van der Waals surface area contributed by atoms with Crippen LogP contribution in [-0.4, -0.2) is 23.6 Å². The topological polar surface area (TPSA) is 58.1 Å². The predicted molar refractivity (Wildman–Crippen MR) is 184 cm³/mol. The Hall–Kier alpha value is -6.21. The lowest BCUT2D eigenvalue weighted by Gasteiger charge is -2.25. The highest BCUT2D eigenvalue weighted by Gasteiger charge is 2.23. The summed E-state index contributed by atoms with van der Waals surface area (Å²) >= 11 is 0. The minimum Gasteiger partial charge on any atom is -0.456 e. The zero-order valence-corrected chi connectivity index (χ0v) is 25.0. The lowest BCUT2D eigenvalue weighted by atomic mass is 10.1. The Kier molecular flexibility index (Phi) is 5.96. The van der Waals surface area contributed by atoms with Crippen LogP contribution in [0.15, 0.2) is 149 Å². The van der Waals surface area contributed by atoms with Gasteiger partial charge in [-0.1, -0.05) is 60.7 Å². The van der Waals surface area contributed by atoms with Gasteiger partial charge in [0.25, 0.3) is 0 Å². The van der Waals surface area contributed by atoms with Crippen LogP contribution < -0.4 is 14.5 Å². The first-order valence-corrected chi connectivity index (χ1v) is 15.2. The number of hydrogen-bond donors (Lipinski definition) is 0. The molecule has 0 radical (unpaired) electrons. The van der Waals surface area contributed by atoms with Gasteiger partial charge in [-0.25, -0.2) is 4.98 Å². The largest absolute Gasteiger partial charge is 0.456 e. The Morgan fingerprint density at radius 2 is 1.43 bits per heavy atom. The third-order valence-electron chi connectivity index (χ3n) is 8.42. The molecule has 0 aliphatic carbocycles. The molecular weight excluding hydrogens is 572 g/mol. The summed E-state index contributed by atoms with van der Waals surface area (Å²) in [6, 6.07) is 40.6. The molecule has 0 unspecified atom stereocenters. The molecule has 7 nitrogen and oxygen atoms in total. The van der Waals surface area contributed by atoms with Crippen LogP contribution in [0.4, 0.5) is 22.9 Å². The summed E-state index contributed by atoms with van der Waals surface area (Å²) in [6.45, 7) is 0.720. The van der Waals surface area contributed by atoms with Crippen LogP contribution in [0.3, 0.4) is 0 Å². The SMILES string of the molecule is CN1C=CN(c2cc(Oc3cc(N(c4ccccc4)c4ccccn4)cc4c3oc3ccccc34)cc3oc4ccccc4c23)C1. The van der Waals surface area contributed by atoms with E-state index >= 15 is 0 Å². The van der Waals surface area contributed by atoms with Crippen molar-refractivity contribution in [2.75, 3.05) is 23.5 Å². The van der Waals surface area contributed by atoms with Crippen molar-refractivity contribution >= 4 is 66.8 Å². The summed E-state index contributed by atoms with van der Waals surface area (Å²) in [6.07, 6.45) is 5.96. The maximum atomic E-state index is 6.85. The summed E-state index contributed by atoms with van der Waals surface area (Å²) in [5.41, 5.74) is 5.95. The van der Waals surface area contributed by atoms with E-state index in [-0.39, 0.29) is 0 Å². The van der Waals surface area contributed by atoms with Crippen molar-refractivity contribution in [2.45, 2.75) is 0 Å². The number of anilines is 4. The van der Waals surface area contributed by atoms with Gasteiger partial charge in [-0.2, -0.15) is 0 Å². The van der Waals surface area contributed by atoms with E-state index in [1.54, 1.807) is 0 Å². The Bertz CT molecular complexity index is 2370. The molecule has 0 fully saturated rings. The third kappa shape index (κ3) is 4.32. The molecule has 46 heavy (non-hydrogen) atoms. The molecule has 4 heterocycles. The third-order valence-corrected chi connectivity index (χ3v) is 8.42. The van der Waals surface area contributed by atoms with Crippen LogP contribution in [0, 0.1) is 0 Å². The van der Waals surface area contributed by atoms with Gasteiger partial charge in [0.1, 0.15) is 28.3 Å². The maximum absolute atomic E-state index is 6.85. The van der Waals surface area contributed by atoms with Crippen molar-refractivity contribution in [1.82, 2.24) is 9.88 Å².